The molecule has 168 valence electrons. The van der Waals surface area contributed by atoms with Gasteiger partial charge in [-0.2, -0.15) is 8.78 Å². The fourth-order valence-corrected chi connectivity index (χ4v) is 3.96. The molecule has 0 amide bonds. The molecule has 0 aromatic heterocycles. The standard InChI is InChI=1S/C13H16F2O.C11H12O4/c1-12(2,16)13(14,15)11-8-4-6-9-5-3-7-10(9)11;1-14-11(13)4-7-6-15-10-5-8(12)2-3-9(7)10/h4,6,8,16H,3,5,7H2,1-2H3;2-3,5,7,12H,4,6H2,1H3. The lowest BCUT2D eigenvalue weighted by Gasteiger charge is -2.30. The number of aryl methyl sites for hydroxylation is 1. The van der Waals surface area contributed by atoms with E-state index < -0.39 is 11.5 Å². The molecule has 0 saturated carbocycles. The van der Waals surface area contributed by atoms with Gasteiger partial charge in [0.1, 0.15) is 17.1 Å². The number of methoxy groups -OCH3 is 1. The van der Waals surface area contributed by atoms with Crippen LogP contribution in [0.3, 0.4) is 0 Å². The number of fused-ring (bicyclic) bond motifs is 2. The van der Waals surface area contributed by atoms with Crippen LogP contribution in [-0.2, 0) is 28.3 Å². The molecular formula is C24H28F2O5. The molecule has 4 rings (SSSR count). The fraction of sp³-hybridized carbons (Fsp3) is 0.458. The van der Waals surface area contributed by atoms with E-state index in [2.05, 4.69) is 4.74 Å². The van der Waals surface area contributed by atoms with Gasteiger partial charge < -0.3 is 19.7 Å². The van der Waals surface area contributed by atoms with Crippen LogP contribution in [0.4, 0.5) is 8.78 Å². The van der Waals surface area contributed by atoms with Gasteiger partial charge in [0.2, 0.25) is 0 Å². The maximum atomic E-state index is 14.1. The zero-order chi connectivity index (χ0) is 22.8. The molecule has 1 heterocycles. The van der Waals surface area contributed by atoms with Crippen LogP contribution in [0.25, 0.3) is 0 Å². The molecule has 0 bridgehead atoms. The minimum Gasteiger partial charge on any atom is -0.508 e. The van der Waals surface area contributed by atoms with Crippen molar-refractivity contribution in [3.63, 3.8) is 0 Å². The number of phenols is 1. The van der Waals surface area contributed by atoms with Crippen molar-refractivity contribution in [3.05, 3.63) is 58.7 Å². The van der Waals surface area contributed by atoms with Crippen molar-refractivity contribution in [2.45, 2.75) is 57.0 Å². The summed E-state index contributed by atoms with van der Waals surface area (Å²) in [6.07, 6.45) is 2.80. The Morgan fingerprint density at radius 3 is 2.65 bits per heavy atom. The number of hydrogen-bond acceptors (Lipinski definition) is 5. The van der Waals surface area contributed by atoms with Crippen molar-refractivity contribution in [2.24, 2.45) is 0 Å². The number of carbonyl (C=O) groups is 1. The quantitative estimate of drug-likeness (QED) is 0.695. The molecule has 2 aliphatic rings. The number of esters is 1. The van der Waals surface area contributed by atoms with Crippen molar-refractivity contribution >= 4 is 5.97 Å². The van der Waals surface area contributed by atoms with Gasteiger partial charge in [-0.05, 0) is 50.3 Å². The molecule has 31 heavy (non-hydrogen) atoms. The number of halogens is 2. The average Bonchev–Trinajstić information content (AvgIpc) is 3.34. The molecule has 1 aliphatic carbocycles. The van der Waals surface area contributed by atoms with Gasteiger partial charge in [0.05, 0.1) is 20.1 Å². The van der Waals surface area contributed by atoms with Crippen molar-refractivity contribution in [3.8, 4) is 11.5 Å². The van der Waals surface area contributed by atoms with Gasteiger partial charge >= 0.3 is 11.9 Å². The van der Waals surface area contributed by atoms with Gasteiger partial charge in [0.15, 0.2) is 0 Å². The highest BCUT2D eigenvalue weighted by Gasteiger charge is 2.48. The molecule has 1 aliphatic heterocycles. The molecule has 2 aromatic rings. The Labute approximate surface area is 180 Å². The number of ether oxygens (including phenoxy) is 2. The van der Waals surface area contributed by atoms with E-state index in [0.717, 1.165) is 43.4 Å². The van der Waals surface area contributed by atoms with E-state index in [0.29, 0.717) is 25.2 Å². The number of aliphatic hydroxyl groups is 1. The Bertz CT molecular complexity index is 949. The molecule has 2 N–H and O–H groups in total. The van der Waals surface area contributed by atoms with Crippen LogP contribution >= 0.6 is 0 Å². The first-order chi connectivity index (χ1) is 14.5. The number of hydrogen-bond donors (Lipinski definition) is 2. The Balaban J connectivity index is 0.000000176. The van der Waals surface area contributed by atoms with Crippen LogP contribution in [0.15, 0.2) is 36.4 Å². The first-order valence-corrected chi connectivity index (χ1v) is 10.3. The lowest BCUT2D eigenvalue weighted by atomic mass is 9.89. The molecule has 0 radical (unpaired) electrons. The molecule has 0 fully saturated rings. The van der Waals surface area contributed by atoms with Crippen LogP contribution in [0, 0.1) is 0 Å². The Hall–Kier alpha value is -2.67. The molecule has 1 atom stereocenters. The normalized spacial score (nSPS) is 17.2. The van der Waals surface area contributed by atoms with E-state index in [1.807, 2.05) is 6.07 Å². The van der Waals surface area contributed by atoms with Crippen LogP contribution in [-0.4, -0.2) is 35.5 Å². The minimum absolute atomic E-state index is 0.00463. The van der Waals surface area contributed by atoms with Gasteiger partial charge in [0.25, 0.3) is 0 Å². The number of phenolic OH excluding ortho intramolecular Hbond substituents is 1. The van der Waals surface area contributed by atoms with Crippen molar-refractivity contribution in [2.75, 3.05) is 13.7 Å². The second-order valence-electron chi connectivity index (χ2n) is 8.44. The highest BCUT2D eigenvalue weighted by atomic mass is 19.3. The second-order valence-corrected chi connectivity index (χ2v) is 8.44. The summed E-state index contributed by atoms with van der Waals surface area (Å²) in [6.45, 7) is 2.77. The molecule has 1 unspecified atom stereocenters. The molecular weight excluding hydrogens is 406 g/mol. The molecule has 0 spiro atoms. The third-order valence-electron chi connectivity index (χ3n) is 5.77. The van der Waals surface area contributed by atoms with E-state index >= 15 is 0 Å². The summed E-state index contributed by atoms with van der Waals surface area (Å²) in [5.41, 5.74) is 0.661. The first-order valence-electron chi connectivity index (χ1n) is 10.3. The second kappa shape index (κ2) is 8.83. The van der Waals surface area contributed by atoms with E-state index in [9.17, 15) is 23.8 Å². The topological polar surface area (TPSA) is 76.0 Å². The average molecular weight is 434 g/mol. The predicted octanol–water partition coefficient (Wildman–Crippen LogP) is 4.47. The number of carbonyl (C=O) groups excluding carboxylic acids is 1. The van der Waals surface area contributed by atoms with Crippen LogP contribution < -0.4 is 4.74 Å². The minimum atomic E-state index is -3.19. The van der Waals surface area contributed by atoms with Gasteiger partial charge in [-0.3, -0.25) is 4.79 Å². The zero-order valence-electron chi connectivity index (χ0n) is 18.0. The summed E-state index contributed by atoms with van der Waals surface area (Å²) in [4.78, 5) is 11.1. The SMILES string of the molecule is CC(C)(O)C(F)(F)c1cccc2c1CCC2.COC(=O)CC1COc2cc(O)ccc21. The van der Waals surface area contributed by atoms with Crippen molar-refractivity contribution < 1.29 is 33.3 Å². The number of benzene rings is 2. The molecule has 7 heteroatoms. The largest absolute Gasteiger partial charge is 0.508 e. The number of rotatable bonds is 4. The zero-order valence-corrected chi connectivity index (χ0v) is 18.0. The third kappa shape index (κ3) is 4.82. The van der Waals surface area contributed by atoms with E-state index in [1.54, 1.807) is 24.3 Å². The number of aromatic hydroxyl groups is 1. The fourth-order valence-electron chi connectivity index (χ4n) is 3.96. The Morgan fingerprint density at radius 2 is 1.97 bits per heavy atom. The summed E-state index contributed by atoms with van der Waals surface area (Å²) in [6, 6.07) is 9.92. The van der Waals surface area contributed by atoms with Gasteiger partial charge in [0, 0.05) is 23.1 Å². The molecule has 2 aromatic carbocycles. The van der Waals surface area contributed by atoms with E-state index in [-0.39, 0.29) is 23.2 Å². The van der Waals surface area contributed by atoms with Crippen LogP contribution in [0.1, 0.15) is 54.9 Å². The molecule has 5 nitrogen and oxygen atoms in total. The lowest BCUT2D eigenvalue weighted by molar-refractivity contribution is -0.169. The van der Waals surface area contributed by atoms with Crippen LogP contribution in [0.5, 0.6) is 11.5 Å². The lowest BCUT2D eigenvalue weighted by Crippen LogP contribution is -2.40. The van der Waals surface area contributed by atoms with Gasteiger partial charge in [-0.1, -0.05) is 24.3 Å². The summed E-state index contributed by atoms with van der Waals surface area (Å²) in [5.74, 6) is -2.57. The monoisotopic (exact) mass is 434 g/mol. The maximum Gasteiger partial charge on any atom is 0.306 e. The third-order valence-corrected chi connectivity index (χ3v) is 5.77. The first kappa shape index (κ1) is 23.0. The summed E-state index contributed by atoms with van der Waals surface area (Å²) >= 11 is 0. The van der Waals surface area contributed by atoms with Crippen LogP contribution in [0.2, 0.25) is 0 Å². The summed E-state index contributed by atoms with van der Waals surface area (Å²) in [5, 5.41) is 18.8. The predicted molar refractivity (Wildman–Crippen MR) is 112 cm³/mol. The summed E-state index contributed by atoms with van der Waals surface area (Å²) < 4.78 is 38.1. The van der Waals surface area contributed by atoms with Crippen molar-refractivity contribution in [1.29, 1.82) is 0 Å². The highest BCUT2D eigenvalue weighted by molar-refractivity contribution is 5.71. The Morgan fingerprint density at radius 1 is 1.23 bits per heavy atom. The highest BCUT2D eigenvalue weighted by Crippen LogP contribution is 2.42. The smallest absolute Gasteiger partial charge is 0.306 e. The molecule has 0 saturated heterocycles. The van der Waals surface area contributed by atoms with E-state index in [4.69, 9.17) is 4.74 Å². The van der Waals surface area contributed by atoms with Gasteiger partial charge in [-0.25, -0.2) is 0 Å². The number of alkyl halides is 2. The Kier molecular flexibility index (Phi) is 6.55. The summed E-state index contributed by atoms with van der Waals surface area (Å²) in [7, 11) is 1.37. The maximum absolute atomic E-state index is 14.1. The van der Waals surface area contributed by atoms with E-state index in [1.165, 1.54) is 13.2 Å². The van der Waals surface area contributed by atoms with Gasteiger partial charge in [-0.15, -0.1) is 0 Å². The van der Waals surface area contributed by atoms with Crippen molar-refractivity contribution in [1.82, 2.24) is 0 Å².